The van der Waals surface area contributed by atoms with Crippen molar-refractivity contribution in [3.8, 4) is 11.5 Å². The lowest BCUT2D eigenvalue weighted by atomic mass is 10.1. The molecule has 0 unspecified atom stereocenters. The largest absolute Gasteiger partial charge is 0.456 e. The van der Waals surface area contributed by atoms with E-state index in [4.69, 9.17) is 10.5 Å². The van der Waals surface area contributed by atoms with E-state index in [0.29, 0.717) is 17.1 Å². The normalized spacial score (nSPS) is 10.6. The number of nitrogens with zero attached hydrogens (tertiary/aromatic N) is 1. The molecule has 1 aromatic carbocycles. The van der Waals surface area contributed by atoms with Crippen LogP contribution in [0.3, 0.4) is 0 Å². The molecular formula is C15H15ClN2O2. The topological polar surface area (TPSA) is 65.2 Å². The smallest absolute Gasteiger partial charge is 0.244 e. The number of amides is 1. The second-order valence-electron chi connectivity index (χ2n) is 4.05. The summed E-state index contributed by atoms with van der Waals surface area (Å²) in [5.74, 6) is 0.969. The molecule has 0 aliphatic rings. The molecule has 0 spiro atoms. The molecule has 0 radical (unpaired) electrons. The monoisotopic (exact) mass is 290 g/mol. The van der Waals surface area contributed by atoms with E-state index in [1.54, 1.807) is 25.4 Å². The lowest BCUT2D eigenvalue weighted by Crippen LogP contribution is -2.11. The van der Waals surface area contributed by atoms with Crippen molar-refractivity contribution in [1.29, 1.82) is 0 Å². The van der Waals surface area contributed by atoms with E-state index in [1.807, 2.05) is 36.4 Å². The van der Waals surface area contributed by atoms with Gasteiger partial charge in [-0.2, -0.15) is 0 Å². The van der Waals surface area contributed by atoms with E-state index in [0.717, 1.165) is 5.56 Å². The van der Waals surface area contributed by atoms with Crippen LogP contribution in [-0.4, -0.2) is 10.9 Å². The third kappa shape index (κ3) is 4.40. The Morgan fingerprint density at radius 1 is 1.20 bits per heavy atom. The number of hydrogen-bond acceptors (Lipinski definition) is 3. The number of primary amides is 1. The number of benzene rings is 1. The molecular weight excluding hydrogens is 276 g/mol. The van der Waals surface area contributed by atoms with Crippen molar-refractivity contribution in [2.75, 3.05) is 0 Å². The molecule has 0 saturated heterocycles. The molecule has 104 valence electrons. The zero-order valence-corrected chi connectivity index (χ0v) is 11.8. The van der Waals surface area contributed by atoms with Crippen molar-refractivity contribution >= 4 is 24.4 Å². The molecule has 0 saturated carbocycles. The maximum absolute atomic E-state index is 10.9. The van der Waals surface area contributed by atoms with Crippen LogP contribution in [0.5, 0.6) is 11.5 Å². The van der Waals surface area contributed by atoms with Crippen molar-refractivity contribution in [3.63, 3.8) is 0 Å². The molecule has 0 aliphatic heterocycles. The highest BCUT2D eigenvalue weighted by Gasteiger charge is 1.99. The first-order chi connectivity index (χ1) is 9.15. The van der Waals surface area contributed by atoms with Gasteiger partial charge in [-0.3, -0.25) is 9.78 Å². The standard InChI is InChI=1S/C15H14N2O2.ClH/c1-11(15(16)18)9-12-4-6-13(7-5-12)19-14-3-2-8-17-10-14;/h2-10H,1H3,(H2,16,18);1H/b11-9+;. The van der Waals surface area contributed by atoms with Gasteiger partial charge in [0, 0.05) is 11.8 Å². The van der Waals surface area contributed by atoms with Gasteiger partial charge in [-0.15, -0.1) is 12.4 Å². The van der Waals surface area contributed by atoms with Crippen LogP contribution in [0.4, 0.5) is 0 Å². The zero-order chi connectivity index (χ0) is 13.7. The number of carbonyl (C=O) groups is 1. The lowest BCUT2D eigenvalue weighted by Gasteiger charge is -2.05. The van der Waals surface area contributed by atoms with Crippen LogP contribution >= 0.6 is 12.4 Å². The van der Waals surface area contributed by atoms with Crippen LogP contribution in [0.15, 0.2) is 54.4 Å². The van der Waals surface area contributed by atoms with Crippen molar-refractivity contribution in [1.82, 2.24) is 4.98 Å². The lowest BCUT2D eigenvalue weighted by molar-refractivity contribution is -0.114. The van der Waals surface area contributed by atoms with Crippen molar-refractivity contribution < 1.29 is 9.53 Å². The minimum Gasteiger partial charge on any atom is -0.456 e. The van der Waals surface area contributed by atoms with Gasteiger partial charge in [0.2, 0.25) is 5.91 Å². The average Bonchev–Trinajstić information content (AvgIpc) is 2.42. The van der Waals surface area contributed by atoms with Gasteiger partial charge in [0.1, 0.15) is 11.5 Å². The van der Waals surface area contributed by atoms with Crippen LogP contribution in [0.25, 0.3) is 6.08 Å². The molecule has 20 heavy (non-hydrogen) atoms. The summed E-state index contributed by atoms with van der Waals surface area (Å²) < 4.78 is 5.61. The maximum Gasteiger partial charge on any atom is 0.244 e. The Morgan fingerprint density at radius 3 is 2.45 bits per heavy atom. The van der Waals surface area contributed by atoms with Gasteiger partial charge in [0.05, 0.1) is 6.20 Å². The maximum atomic E-state index is 10.9. The summed E-state index contributed by atoms with van der Waals surface area (Å²) in [5.41, 5.74) is 6.59. The average molecular weight is 291 g/mol. The SMILES string of the molecule is C/C(=C\c1ccc(Oc2cccnc2)cc1)C(N)=O.Cl. The second kappa shape index (κ2) is 7.31. The number of aromatic nitrogens is 1. The molecule has 0 aliphatic carbocycles. The van der Waals surface area contributed by atoms with Gasteiger partial charge in [-0.1, -0.05) is 12.1 Å². The van der Waals surface area contributed by atoms with Crippen LogP contribution in [0, 0.1) is 0 Å². The molecule has 0 bridgehead atoms. The number of carbonyl (C=O) groups excluding carboxylic acids is 1. The van der Waals surface area contributed by atoms with E-state index in [9.17, 15) is 4.79 Å². The Balaban J connectivity index is 0.00000200. The van der Waals surface area contributed by atoms with Crippen LogP contribution in [-0.2, 0) is 4.79 Å². The number of hydrogen-bond donors (Lipinski definition) is 1. The van der Waals surface area contributed by atoms with Crippen LogP contribution in [0.2, 0.25) is 0 Å². The summed E-state index contributed by atoms with van der Waals surface area (Å²) in [6.45, 7) is 1.68. The summed E-state index contributed by atoms with van der Waals surface area (Å²) in [7, 11) is 0. The number of ether oxygens (including phenoxy) is 1. The van der Waals surface area contributed by atoms with Crippen molar-refractivity contribution in [3.05, 3.63) is 59.9 Å². The molecule has 5 heteroatoms. The first-order valence-electron chi connectivity index (χ1n) is 5.81. The molecule has 1 aromatic heterocycles. The van der Waals surface area contributed by atoms with Crippen molar-refractivity contribution in [2.45, 2.75) is 6.92 Å². The van der Waals surface area contributed by atoms with E-state index in [1.165, 1.54) is 0 Å². The highest BCUT2D eigenvalue weighted by atomic mass is 35.5. The molecule has 2 rings (SSSR count). The van der Waals surface area contributed by atoms with Crippen molar-refractivity contribution in [2.24, 2.45) is 5.73 Å². The minimum absolute atomic E-state index is 0. The zero-order valence-electron chi connectivity index (χ0n) is 10.9. The molecule has 1 amide bonds. The van der Waals surface area contributed by atoms with Gasteiger partial charge >= 0.3 is 0 Å². The van der Waals surface area contributed by atoms with Crippen LogP contribution in [0.1, 0.15) is 12.5 Å². The minimum atomic E-state index is -0.421. The van der Waals surface area contributed by atoms with E-state index in [2.05, 4.69) is 4.98 Å². The van der Waals surface area contributed by atoms with Gasteiger partial charge in [-0.25, -0.2) is 0 Å². The highest BCUT2D eigenvalue weighted by molar-refractivity contribution is 5.95. The van der Waals surface area contributed by atoms with E-state index < -0.39 is 5.91 Å². The fourth-order valence-electron chi connectivity index (χ4n) is 1.50. The summed E-state index contributed by atoms with van der Waals surface area (Å²) in [5, 5.41) is 0. The Morgan fingerprint density at radius 2 is 1.90 bits per heavy atom. The fraction of sp³-hybridized carbons (Fsp3) is 0.0667. The Bertz CT molecular complexity index is 595. The first kappa shape index (κ1) is 15.7. The molecule has 2 N–H and O–H groups in total. The third-order valence-corrected chi connectivity index (χ3v) is 2.52. The molecule has 0 atom stereocenters. The fourth-order valence-corrected chi connectivity index (χ4v) is 1.50. The number of halogens is 1. The van der Waals surface area contributed by atoms with Gasteiger partial charge in [-0.05, 0) is 42.8 Å². The molecule has 2 aromatic rings. The Hall–Kier alpha value is -2.33. The number of pyridine rings is 1. The molecule has 0 fully saturated rings. The predicted molar refractivity (Wildman–Crippen MR) is 80.8 cm³/mol. The number of nitrogens with two attached hydrogens (primary N) is 1. The summed E-state index contributed by atoms with van der Waals surface area (Å²) in [6, 6.07) is 11.0. The molecule has 1 heterocycles. The van der Waals surface area contributed by atoms with Crippen LogP contribution < -0.4 is 10.5 Å². The van der Waals surface area contributed by atoms with Gasteiger partial charge in [0.25, 0.3) is 0 Å². The predicted octanol–water partition coefficient (Wildman–Crippen LogP) is 3.18. The molecule has 4 nitrogen and oxygen atoms in total. The van der Waals surface area contributed by atoms with E-state index in [-0.39, 0.29) is 12.4 Å². The first-order valence-corrected chi connectivity index (χ1v) is 5.81. The second-order valence-corrected chi connectivity index (χ2v) is 4.05. The Labute approximate surface area is 123 Å². The Kier molecular flexibility index (Phi) is 5.74. The quantitative estimate of drug-likeness (QED) is 0.880. The third-order valence-electron chi connectivity index (χ3n) is 2.52. The summed E-state index contributed by atoms with van der Waals surface area (Å²) in [4.78, 5) is 14.9. The van der Waals surface area contributed by atoms with E-state index >= 15 is 0 Å². The highest BCUT2D eigenvalue weighted by Crippen LogP contribution is 2.21. The summed E-state index contributed by atoms with van der Waals surface area (Å²) in [6.07, 6.45) is 5.06. The summed E-state index contributed by atoms with van der Waals surface area (Å²) >= 11 is 0. The number of rotatable bonds is 4. The van der Waals surface area contributed by atoms with Gasteiger partial charge < -0.3 is 10.5 Å². The van der Waals surface area contributed by atoms with Gasteiger partial charge in [0.15, 0.2) is 0 Å².